The van der Waals surface area contributed by atoms with Gasteiger partial charge in [-0.15, -0.1) is 0 Å². The molecule has 2 rings (SSSR count). The highest BCUT2D eigenvalue weighted by Gasteiger charge is 2.31. The summed E-state index contributed by atoms with van der Waals surface area (Å²) in [5, 5.41) is 9.33. The fourth-order valence-electron chi connectivity index (χ4n) is 2.55. The SMILES string of the molecule is Cc1cc(C(=O)N2CCCCCC2C(=O)O)ccc1Br. The number of amides is 1. The topological polar surface area (TPSA) is 57.6 Å². The van der Waals surface area contributed by atoms with Gasteiger partial charge in [0, 0.05) is 16.6 Å². The molecule has 0 radical (unpaired) electrons. The summed E-state index contributed by atoms with van der Waals surface area (Å²) in [6, 6.07) is 4.67. The summed E-state index contributed by atoms with van der Waals surface area (Å²) in [7, 11) is 0. The molecule has 108 valence electrons. The largest absolute Gasteiger partial charge is 0.480 e. The fourth-order valence-corrected chi connectivity index (χ4v) is 2.80. The van der Waals surface area contributed by atoms with Crippen LogP contribution in [-0.4, -0.2) is 34.5 Å². The molecule has 0 aromatic heterocycles. The maximum atomic E-state index is 12.6. The lowest BCUT2D eigenvalue weighted by Gasteiger charge is -2.27. The molecule has 20 heavy (non-hydrogen) atoms. The van der Waals surface area contributed by atoms with E-state index in [2.05, 4.69) is 15.9 Å². The van der Waals surface area contributed by atoms with Gasteiger partial charge in [0.25, 0.3) is 5.91 Å². The first-order chi connectivity index (χ1) is 9.50. The van der Waals surface area contributed by atoms with E-state index in [1.165, 1.54) is 4.90 Å². The fraction of sp³-hybridized carbons (Fsp3) is 0.467. The zero-order valence-electron chi connectivity index (χ0n) is 11.4. The first-order valence-electron chi connectivity index (χ1n) is 6.80. The van der Waals surface area contributed by atoms with E-state index in [0.717, 1.165) is 29.3 Å². The van der Waals surface area contributed by atoms with Gasteiger partial charge in [0.15, 0.2) is 0 Å². The Kier molecular flexibility index (Phi) is 4.81. The van der Waals surface area contributed by atoms with Crippen molar-refractivity contribution in [1.29, 1.82) is 0 Å². The molecular formula is C15H18BrNO3. The van der Waals surface area contributed by atoms with Gasteiger partial charge in [-0.3, -0.25) is 4.79 Å². The van der Waals surface area contributed by atoms with Crippen molar-refractivity contribution in [1.82, 2.24) is 4.90 Å². The monoisotopic (exact) mass is 339 g/mol. The van der Waals surface area contributed by atoms with Crippen LogP contribution in [0.3, 0.4) is 0 Å². The second-order valence-corrected chi connectivity index (χ2v) is 6.02. The van der Waals surface area contributed by atoms with Crippen molar-refractivity contribution in [2.75, 3.05) is 6.54 Å². The van der Waals surface area contributed by atoms with Crippen LogP contribution in [0.25, 0.3) is 0 Å². The number of likely N-dealkylation sites (tertiary alicyclic amines) is 1. The minimum atomic E-state index is -0.908. The van der Waals surface area contributed by atoms with Crippen LogP contribution in [0, 0.1) is 6.92 Å². The summed E-state index contributed by atoms with van der Waals surface area (Å²) in [5.74, 6) is -1.09. The normalized spacial score (nSPS) is 19.5. The molecule has 0 bridgehead atoms. The summed E-state index contributed by atoms with van der Waals surface area (Å²) < 4.78 is 0.944. The van der Waals surface area contributed by atoms with E-state index >= 15 is 0 Å². The summed E-state index contributed by atoms with van der Waals surface area (Å²) in [6.45, 7) is 2.43. The van der Waals surface area contributed by atoms with Crippen LogP contribution in [0.5, 0.6) is 0 Å². The van der Waals surface area contributed by atoms with Gasteiger partial charge in [0.1, 0.15) is 6.04 Å². The zero-order valence-corrected chi connectivity index (χ0v) is 13.0. The number of carbonyl (C=O) groups excluding carboxylic acids is 1. The summed E-state index contributed by atoms with van der Waals surface area (Å²) in [4.78, 5) is 25.5. The van der Waals surface area contributed by atoms with Crippen molar-refractivity contribution >= 4 is 27.8 Å². The highest BCUT2D eigenvalue weighted by molar-refractivity contribution is 9.10. The zero-order chi connectivity index (χ0) is 14.7. The Morgan fingerprint density at radius 2 is 2.05 bits per heavy atom. The van der Waals surface area contributed by atoms with Gasteiger partial charge in [0.05, 0.1) is 0 Å². The van der Waals surface area contributed by atoms with Crippen molar-refractivity contribution in [2.45, 2.75) is 38.6 Å². The molecule has 0 spiro atoms. The van der Waals surface area contributed by atoms with Crippen molar-refractivity contribution in [3.63, 3.8) is 0 Å². The number of aliphatic carboxylic acids is 1. The number of rotatable bonds is 2. The molecule has 1 aliphatic rings. The molecule has 1 heterocycles. The number of hydrogen-bond acceptors (Lipinski definition) is 2. The van der Waals surface area contributed by atoms with E-state index in [0.29, 0.717) is 18.5 Å². The molecule has 1 aliphatic heterocycles. The Morgan fingerprint density at radius 3 is 2.70 bits per heavy atom. The van der Waals surface area contributed by atoms with Crippen LogP contribution in [0.15, 0.2) is 22.7 Å². The minimum Gasteiger partial charge on any atom is -0.480 e. The Morgan fingerprint density at radius 1 is 1.30 bits per heavy atom. The molecule has 0 aliphatic carbocycles. The molecule has 1 amide bonds. The third-order valence-electron chi connectivity index (χ3n) is 3.70. The molecular weight excluding hydrogens is 322 g/mol. The molecule has 0 saturated carbocycles. The maximum absolute atomic E-state index is 12.6. The average molecular weight is 340 g/mol. The predicted octanol–water partition coefficient (Wildman–Crippen LogP) is 3.23. The van der Waals surface area contributed by atoms with E-state index in [1.807, 2.05) is 13.0 Å². The van der Waals surface area contributed by atoms with Crippen molar-refractivity contribution < 1.29 is 14.7 Å². The lowest BCUT2D eigenvalue weighted by molar-refractivity contribution is -0.142. The van der Waals surface area contributed by atoms with E-state index in [1.54, 1.807) is 12.1 Å². The van der Waals surface area contributed by atoms with Crippen LogP contribution in [0.2, 0.25) is 0 Å². The van der Waals surface area contributed by atoms with Gasteiger partial charge in [0.2, 0.25) is 0 Å². The molecule has 4 nitrogen and oxygen atoms in total. The number of benzene rings is 1. The maximum Gasteiger partial charge on any atom is 0.326 e. The van der Waals surface area contributed by atoms with Gasteiger partial charge in [-0.2, -0.15) is 0 Å². The Bertz CT molecular complexity index is 530. The third-order valence-corrected chi connectivity index (χ3v) is 4.59. The summed E-state index contributed by atoms with van der Waals surface area (Å²) in [5.41, 5.74) is 1.52. The summed E-state index contributed by atoms with van der Waals surface area (Å²) >= 11 is 3.40. The van der Waals surface area contributed by atoms with Crippen molar-refractivity contribution in [2.24, 2.45) is 0 Å². The molecule has 1 unspecified atom stereocenters. The van der Waals surface area contributed by atoms with Crippen LogP contribution < -0.4 is 0 Å². The van der Waals surface area contributed by atoms with Gasteiger partial charge in [-0.05, 0) is 43.5 Å². The minimum absolute atomic E-state index is 0.185. The number of halogens is 1. The first-order valence-corrected chi connectivity index (χ1v) is 7.60. The van der Waals surface area contributed by atoms with E-state index < -0.39 is 12.0 Å². The van der Waals surface area contributed by atoms with Gasteiger partial charge in [-0.1, -0.05) is 28.8 Å². The average Bonchev–Trinajstić information content (AvgIpc) is 2.66. The lowest BCUT2D eigenvalue weighted by atomic mass is 10.1. The van der Waals surface area contributed by atoms with Crippen LogP contribution >= 0.6 is 15.9 Å². The molecule has 1 aromatic rings. The van der Waals surface area contributed by atoms with E-state index in [4.69, 9.17) is 0 Å². The van der Waals surface area contributed by atoms with Gasteiger partial charge in [-0.25, -0.2) is 4.79 Å². The standard InChI is InChI=1S/C15H18BrNO3/c1-10-9-11(6-7-12(10)16)14(18)17-8-4-2-3-5-13(17)15(19)20/h6-7,9,13H,2-5,8H2,1H3,(H,19,20). The third kappa shape index (κ3) is 3.20. The smallest absolute Gasteiger partial charge is 0.326 e. The van der Waals surface area contributed by atoms with E-state index in [9.17, 15) is 14.7 Å². The molecule has 1 fully saturated rings. The van der Waals surface area contributed by atoms with Crippen LogP contribution in [0.1, 0.15) is 41.6 Å². The Balaban J connectivity index is 2.28. The second kappa shape index (κ2) is 6.39. The van der Waals surface area contributed by atoms with Gasteiger partial charge >= 0.3 is 5.97 Å². The molecule has 1 aromatic carbocycles. The van der Waals surface area contributed by atoms with Crippen molar-refractivity contribution in [3.8, 4) is 0 Å². The number of carboxylic acids is 1. The second-order valence-electron chi connectivity index (χ2n) is 5.17. The Hall–Kier alpha value is -1.36. The highest BCUT2D eigenvalue weighted by atomic mass is 79.9. The Labute approximate surface area is 126 Å². The number of nitrogens with zero attached hydrogens (tertiary/aromatic N) is 1. The molecule has 1 atom stereocenters. The van der Waals surface area contributed by atoms with Crippen LogP contribution in [-0.2, 0) is 4.79 Å². The van der Waals surface area contributed by atoms with Crippen molar-refractivity contribution in [3.05, 3.63) is 33.8 Å². The number of aryl methyl sites for hydroxylation is 1. The molecule has 1 saturated heterocycles. The lowest BCUT2D eigenvalue weighted by Crippen LogP contribution is -2.44. The number of carbonyl (C=O) groups is 2. The predicted molar refractivity (Wildman–Crippen MR) is 79.8 cm³/mol. The molecule has 1 N–H and O–H groups in total. The van der Waals surface area contributed by atoms with Crippen LogP contribution in [0.4, 0.5) is 0 Å². The molecule has 5 heteroatoms. The highest BCUT2D eigenvalue weighted by Crippen LogP contribution is 2.22. The number of hydrogen-bond donors (Lipinski definition) is 1. The summed E-state index contributed by atoms with van der Waals surface area (Å²) in [6.07, 6.45) is 3.24. The first kappa shape index (κ1) is 15.0. The number of carboxylic acid groups (broad SMARTS) is 1. The van der Waals surface area contributed by atoms with Gasteiger partial charge < -0.3 is 10.0 Å². The quantitative estimate of drug-likeness (QED) is 0.899. The van der Waals surface area contributed by atoms with E-state index in [-0.39, 0.29) is 5.91 Å².